The molecule has 6 rings (SSSR count). The van der Waals surface area contributed by atoms with Gasteiger partial charge in [0.2, 0.25) is 0 Å². The van der Waals surface area contributed by atoms with Gasteiger partial charge in [0.25, 0.3) is 5.91 Å². The lowest BCUT2D eigenvalue weighted by atomic mass is 9.89. The van der Waals surface area contributed by atoms with E-state index in [9.17, 15) is 4.79 Å². The summed E-state index contributed by atoms with van der Waals surface area (Å²) >= 11 is 0. The number of likely N-dealkylation sites (tertiary alicyclic amines) is 1. The molecule has 1 amide bonds. The summed E-state index contributed by atoms with van der Waals surface area (Å²) in [6, 6.07) is 14.1. The Kier molecular flexibility index (Phi) is 5.82. The molecular formula is C27H30N6O2. The molecule has 1 aromatic carbocycles. The van der Waals surface area contributed by atoms with Gasteiger partial charge in [0.1, 0.15) is 5.82 Å². The van der Waals surface area contributed by atoms with Gasteiger partial charge in [-0.25, -0.2) is 9.97 Å². The predicted molar refractivity (Wildman–Crippen MR) is 133 cm³/mol. The molecule has 5 heterocycles. The van der Waals surface area contributed by atoms with E-state index in [1.807, 2.05) is 54.5 Å². The molecule has 0 saturated carbocycles. The second kappa shape index (κ2) is 9.26. The third-order valence-corrected chi connectivity index (χ3v) is 7.44. The third-order valence-electron chi connectivity index (χ3n) is 7.44. The Morgan fingerprint density at radius 3 is 2.57 bits per heavy atom. The summed E-state index contributed by atoms with van der Waals surface area (Å²) < 4.78 is 7.30. The number of hydrogen-bond donors (Lipinski definition) is 1. The Balaban J connectivity index is 1.16. The van der Waals surface area contributed by atoms with Crippen LogP contribution in [0.3, 0.4) is 0 Å². The summed E-state index contributed by atoms with van der Waals surface area (Å²) in [6.07, 6.45) is 5.68. The molecular weight excluding hydrogens is 440 g/mol. The van der Waals surface area contributed by atoms with E-state index in [0.29, 0.717) is 30.6 Å². The lowest BCUT2D eigenvalue weighted by Crippen LogP contribution is -2.38. The van der Waals surface area contributed by atoms with Crippen molar-refractivity contribution in [2.75, 3.05) is 26.3 Å². The number of aromatic amines is 1. The van der Waals surface area contributed by atoms with Crippen LogP contribution in [0.2, 0.25) is 0 Å². The smallest absolute Gasteiger partial charge is 0.274 e. The number of aromatic nitrogens is 5. The van der Waals surface area contributed by atoms with E-state index in [1.54, 1.807) is 4.68 Å². The summed E-state index contributed by atoms with van der Waals surface area (Å²) in [4.78, 5) is 28.1. The molecule has 1 N–H and O–H groups in total. The van der Waals surface area contributed by atoms with Gasteiger partial charge in [-0.3, -0.25) is 9.48 Å². The number of piperidine rings is 1. The SMILES string of the molecule is Cn1nc(C(=O)N2CCC(c3ccnc4nc(C5CCOCC5)[nH]c34)CC2)cc1-c1ccccc1. The maximum Gasteiger partial charge on any atom is 0.274 e. The molecule has 0 aliphatic carbocycles. The minimum absolute atomic E-state index is 0.00412. The number of carbonyl (C=O) groups excluding carboxylic acids is 1. The summed E-state index contributed by atoms with van der Waals surface area (Å²) in [6.45, 7) is 3.01. The summed E-state index contributed by atoms with van der Waals surface area (Å²) in [5.74, 6) is 1.81. The number of imidazole rings is 1. The van der Waals surface area contributed by atoms with Gasteiger partial charge < -0.3 is 14.6 Å². The molecule has 0 radical (unpaired) electrons. The maximum absolute atomic E-state index is 13.2. The number of nitrogens with one attached hydrogen (secondary N) is 1. The van der Waals surface area contributed by atoms with E-state index in [-0.39, 0.29) is 5.91 Å². The lowest BCUT2D eigenvalue weighted by Gasteiger charge is -2.31. The van der Waals surface area contributed by atoms with Crippen LogP contribution in [0.4, 0.5) is 0 Å². The Hall–Kier alpha value is -3.52. The zero-order chi connectivity index (χ0) is 23.8. The molecule has 3 aromatic heterocycles. The quantitative estimate of drug-likeness (QED) is 0.481. The highest BCUT2D eigenvalue weighted by Crippen LogP contribution is 2.34. The van der Waals surface area contributed by atoms with Crippen LogP contribution in [0, 0.1) is 0 Å². The number of amides is 1. The van der Waals surface area contributed by atoms with Crippen LogP contribution in [-0.4, -0.2) is 61.8 Å². The standard InChI is InChI=1S/C27H30N6O2/c1-32-23(19-5-3-2-4-6-19)17-22(31-32)27(34)33-13-8-18(9-14-33)21-7-12-28-26-24(21)29-25(30-26)20-10-15-35-16-11-20/h2-7,12,17-18,20H,8-11,13-16H2,1H3,(H,28,29,30). The maximum atomic E-state index is 13.2. The zero-order valence-electron chi connectivity index (χ0n) is 20.0. The number of rotatable bonds is 4. The van der Waals surface area contributed by atoms with Gasteiger partial charge in [-0.05, 0) is 54.9 Å². The van der Waals surface area contributed by atoms with Crippen LogP contribution in [0.25, 0.3) is 22.4 Å². The van der Waals surface area contributed by atoms with Crippen molar-refractivity contribution in [1.82, 2.24) is 29.6 Å². The number of fused-ring (bicyclic) bond motifs is 1. The second-order valence-electron chi connectivity index (χ2n) is 9.58. The molecule has 8 heteroatoms. The Bertz CT molecular complexity index is 1330. The van der Waals surface area contributed by atoms with E-state index in [2.05, 4.69) is 21.1 Å². The number of nitrogens with zero attached hydrogens (tertiary/aromatic N) is 5. The molecule has 4 aromatic rings. The Morgan fingerprint density at radius 2 is 1.80 bits per heavy atom. The van der Waals surface area contributed by atoms with Crippen molar-refractivity contribution >= 4 is 17.1 Å². The highest BCUT2D eigenvalue weighted by molar-refractivity contribution is 5.93. The topological polar surface area (TPSA) is 88.9 Å². The second-order valence-corrected chi connectivity index (χ2v) is 9.58. The van der Waals surface area contributed by atoms with E-state index in [0.717, 1.165) is 67.1 Å². The van der Waals surface area contributed by atoms with E-state index in [4.69, 9.17) is 9.72 Å². The van der Waals surface area contributed by atoms with Crippen LogP contribution in [0.15, 0.2) is 48.7 Å². The predicted octanol–water partition coefficient (Wildman–Crippen LogP) is 4.27. The first-order valence-corrected chi connectivity index (χ1v) is 12.5. The summed E-state index contributed by atoms with van der Waals surface area (Å²) in [5, 5.41) is 4.52. The molecule has 35 heavy (non-hydrogen) atoms. The molecule has 2 saturated heterocycles. The van der Waals surface area contributed by atoms with Gasteiger partial charge in [0, 0.05) is 45.5 Å². The van der Waals surface area contributed by atoms with Gasteiger partial charge in [-0.1, -0.05) is 30.3 Å². The first-order chi connectivity index (χ1) is 17.2. The van der Waals surface area contributed by atoms with Crippen LogP contribution in [-0.2, 0) is 11.8 Å². The highest BCUT2D eigenvalue weighted by atomic mass is 16.5. The van der Waals surface area contributed by atoms with Crippen molar-refractivity contribution in [1.29, 1.82) is 0 Å². The van der Waals surface area contributed by atoms with Crippen molar-refractivity contribution in [2.45, 2.75) is 37.5 Å². The first kappa shape index (κ1) is 22.0. The van der Waals surface area contributed by atoms with Crippen LogP contribution in [0.5, 0.6) is 0 Å². The van der Waals surface area contributed by atoms with Gasteiger partial charge in [-0.15, -0.1) is 0 Å². The molecule has 2 aliphatic heterocycles. The largest absolute Gasteiger partial charge is 0.381 e. The summed E-state index contributed by atoms with van der Waals surface area (Å²) in [5.41, 5.74) is 5.62. The van der Waals surface area contributed by atoms with Crippen molar-refractivity contribution < 1.29 is 9.53 Å². The molecule has 8 nitrogen and oxygen atoms in total. The van der Waals surface area contributed by atoms with E-state index in [1.165, 1.54) is 5.56 Å². The zero-order valence-corrected chi connectivity index (χ0v) is 20.0. The molecule has 180 valence electrons. The van der Waals surface area contributed by atoms with Crippen LogP contribution in [0.1, 0.15) is 59.4 Å². The van der Waals surface area contributed by atoms with Gasteiger partial charge in [0.15, 0.2) is 11.3 Å². The molecule has 2 fully saturated rings. The first-order valence-electron chi connectivity index (χ1n) is 12.5. The average molecular weight is 471 g/mol. The van der Waals surface area contributed by atoms with Crippen LogP contribution >= 0.6 is 0 Å². The van der Waals surface area contributed by atoms with Gasteiger partial charge >= 0.3 is 0 Å². The van der Waals surface area contributed by atoms with Gasteiger partial charge in [-0.2, -0.15) is 5.10 Å². The van der Waals surface area contributed by atoms with Crippen molar-refractivity contribution in [2.24, 2.45) is 7.05 Å². The van der Waals surface area contributed by atoms with Crippen LogP contribution < -0.4 is 0 Å². The third kappa shape index (κ3) is 4.23. The van der Waals surface area contributed by atoms with E-state index >= 15 is 0 Å². The monoisotopic (exact) mass is 470 g/mol. The lowest BCUT2D eigenvalue weighted by molar-refractivity contribution is 0.0706. The number of pyridine rings is 1. The number of hydrogen-bond acceptors (Lipinski definition) is 5. The normalized spacial score (nSPS) is 17.8. The van der Waals surface area contributed by atoms with Crippen molar-refractivity contribution in [3.63, 3.8) is 0 Å². The number of ether oxygens (including phenoxy) is 1. The fourth-order valence-electron chi connectivity index (χ4n) is 5.46. The van der Waals surface area contributed by atoms with E-state index < -0.39 is 0 Å². The average Bonchev–Trinajstić information content (AvgIpc) is 3.53. The number of benzene rings is 1. The molecule has 2 aliphatic rings. The molecule has 0 atom stereocenters. The molecule has 0 unspecified atom stereocenters. The number of carbonyl (C=O) groups is 1. The summed E-state index contributed by atoms with van der Waals surface area (Å²) in [7, 11) is 1.89. The molecule has 0 bridgehead atoms. The molecule has 0 spiro atoms. The fraction of sp³-hybridized carbons (Fsp3) is 0.407. The Morgan fingerprint density at radius 1 is 1.03 bits per heavy atom. The Labute approximate surface area is 204 Å². The number of aryl methyl sites for hydroxylation is 1. The highest BCUT2D eigenvalue weighted by Gasteiger charge is 2.28. The van der Waals surface area contributed by atoms with Crippen molar-refractivity contribution in [3.8, 4) is 11.3 Å². The number of H-pyrrole nitrogens is 1. The minimum atomic E-state index is 0.00412. The van der Waals surface area contributed by atoms with Gasteiger partial charge in [0.05, 0.1) is 11.2 Å². The fourth-order valence-corrected chi connectivity index (χ4v) is 5.46. The minimum Gasteiger partial charge on any atom is -0.381 e. The van der Waals surface area contributed by atoms with Crippen molar-refractivity contribution in [3.05, 3.63) is 65.7 Å².